The topological polar surface area (TPSA) is 32.3 Å². The van der Waals surface area contributed by atoms with Crippen molar-refractivity contribution in [1.29, 1.82) is 0 Å². The largest absolute Gasteiger partial charge is 0.395 e. The lowest BCUT2D eigenvalue weighted by Gasteiger charge is -2.29. The highest BCUT2D eigenvalue weighted by atomic mass is 32.2. The van der Waals surface area contributed by atoms with Gasteiger partial charge < -0.3 is 10.4 Å². The summed E-state index contributed by atoms with van der Waals surface area (Å²) in [5.74, 6) is 0.795. The monoisotopic (exact) mass is 255 g/mol. The predicted molar refractivity (Wildman–Crippen MR) is 68.8 cm³/mol. The van der Waals surface area contributed by atoms with Gasteiger partial charge in [-0.3, -0.25) is 0 Å². The summed E-state index contributed by atoms with van der Waals surface area (Å²) in [6.07, 6.45) is 1.86. The van der Waals surface area contributed by atoms with Crippen LogP contribution in [0.15, 0.2) is 23.1 Å². The van der Waals surface area contributed by atoms with Crippen molar-refractivity contribution in [2.75, 3.05) is 12.4 Å². The van der Waals surface area contributed by atoms with E-state index in [1.807, 2.05) is 13.0 Å². The van der Waals surface area contributed by atoms with Crippen LogP contribution in [0.1, 0.15) is 31.4 Å². The van der Waals surface area contributed by atoms with E-state index in [2.05, 4.69) is 5.32 Å². The van der Waals surface area contributed by atoms with Gasteiger partial charge in [-0.15, -0.1) is 11.8 Å². The third-order valence-electron chi connectivity index (χ3n) is 3.18. The first-order valence-electron chi connectivity index (χ1n) is 6.04. The number of aliphatic hydroxyl groups excluding tert-OH is 1. The van der Waals surface area contributed by atoms with Gasteiger partial charge in [0.2, 0.25) is 0 Å². The number of hydrogen-bond acceptors (Lipinski definition) is 3. The van der Waals surface area contributed by atoms with E-state index >= 15 is 0 Å². The van der Waals surface area contributed by atoms with Gasteiger partial charge in [-0.1, -0.05) is 19.1 Å². The van der Waals surface area contributed by atoms with Crippen molar-refractivity contribution in [3.8, 4) is 0 Å². The van der Waals surface area contributed by atoms with Gasteiger partial charge in [-0.2, -0.15) is 0 Å². The van der Waals surface area contributed by atoms with Crippen molar-refractivity contribution in [1.82, 2.24) is 5.32 Å². The van der Waals surface area contributed by atoms with Gasteiger partial charge >= 0.3 is 0 Å². The molecule has 94 valence electrons. The Balaban J connectivity index is 2.20. The first-order chi connectivity index (χ1) is 8.26. The Hall–Kier alpha value is -0.580. The highest BCUT2D eigenvalue weighted by Crippen LogP contribution is 2.37. The molecule has 1 aromatic rings. The Labute approximate surface area is 106 Å². The second-order valence-corrected chi connectivity index (χ2v) is 5.41. The molecule has 0 aliphatic carbocycles. The maximum atomic E-state index is 13.6. The second-order valence-electron chi connectivity index (χ2n) is 4.30. The fraction of sp³-hybridized carbons (Fsp3) is 0.538. The van der Waals surface area contributed by atoms with E-state index < -0.39 is 0 Å². The van der Waals surface area contributed by atoms with Crippen LogP contribution in [-0.2, 0) is 0 Å². The molecule has 1 aromatic carbocycles. The lowest BCUT2D eigenvalue weighted by molar-refractivity contribution is 0.225. The smallest absolute Gasteiger partial charge is 0.137 e. The minimum absolute atomic E-state index is 0.0965. The molecule has 4 heteroatoms. The molecule has 0 fully saturated rings. The van der Waals surface area contributed by atoms with Crippen LogP contribution in [0.2, 0.25) is 0 Å². The number of fused-ring (bicyclic) bond motifs is 1. The lowest BCUT2D eigenvalue weighted by Crippen LogP contribution is -2.36. The Morgan fingerprint density at radius 1 is 1.59 bits per heavy atom. The summed E-state index contributed by atoms with van der Waals surface area (Å²) >= 11 is 1.58. The van der Waals surface area contributed by atoms with Crippen molar-refractivity contribution < 1.29 is 9.50 Å². The highest BCUT2D eigenvalue weighted by molar-refractivity contribution is 7.99. The molecule has 0 amide bonds. The zero-order chi connectivity index (χ0) is 12.3. The number of rotatable bonds is 4. The molecule has 2 atom stereocenters. The molecule has 1 heterocycles. The van der Waals surface area contributed by atoms with Crippen molar-refractivity contribution in [2.45, 2.75) is 36.7 Å². The Bertz CT molecular complexity index is 382. The molecule has 0 saturated carbocycles. The van der Waals surface area contributed by atoms with Crippen molar-refractivity contribution in [3.05, 3.63) is 29.6 Å². The van der Waals surface area contributed by atoms with Gasteiger partial charge in [-0.05, 0) is 30.2 Å². The van der Waals surface area contributed by atoms with E-state index in [4.69, 9.17) is 0 Å². The number of hydrogen-bond donors (Lipinski definition) is 2. The fourth-order valence-corrected chi connectivity index (χ4v) is 3.28. The summed E-state index contributed by atoms with van der Waals surface area (Å²) < 4.78 is 13.6. The minimum atomic E-state index is -0.129. The van der Waals surface area contributed by atoms with E-state index in [0.29, 0.717) is 0 Å². The molecule has 1 aliphatic rings. The second kappa shape index (κ2) is 5.85. The molecule has 0 aromatic heterocycles. The Morgan fingerprint density at radius 3 is 3.12 bits per heavy atom. The van der Waals surface area contributed by atoms with Crippen LogP contribution in [0.5, 0.6) is 0 Å². The van der Waals surface area contributed by atoms with Gasteiger partial charge in [0.05, 0.1) is 6.61 Å². The lowest BCUT2D eigenvalue weighted by atomic mass is 10.0. The molecule has 17 heavy (non-hydrogen) atoms. The molecule has 2 rings (SSSR count). The molecule has 0 saturated heterocycles. The van der Waals surface area contributed by atoms with Crippen LogP contribution in [0.4, 0.5) is 4.39 Å². The molecule has 0 bridgehead atoms. The summed E-state index contributed by atoms with van der Waals surface area (Å²) in [6, 6.07) is 5.51. The van der Waals surface area contributed by atoms with Gasteiger partial charge in [0.25, 0.3) is 0 Å². The quantitative estimate of drug-likeness (QED) is 0.867. The van der Waals surface area contributed by atoms with E-state index in [9.17, 15) is 9.50 Å². The van der Waals surface area contributed by atoms with E-state index in [0.717, 1.165) is 29.1 Å². The Morgan fingerprint density at radius 2 is 2.41 bits per heavy atom. The van der Waals surface area contributed by atoms with E-state index in [1.54, 1.807) is 17.8 Å². The molecule has 0 spiro atoms. The average molecular weight is 255 g/mol. The van der Waals surface area contributed by atoms with Crippen LogP contribution < -0.4 is 5.32 Å². The van der Waals surface area contributed by atoms with Crippen LogP contribution in [-0.4, -0.2) is 23.5 Å². The van der Waals surface area contributed by atoms with Crippen molar-refractivity contribution >= 4 is 11.8 Å². The minimum Gasteiger partial charge on any atom is -0.395 e. The summed E-state index contributed by atoms with van der Waals surface area (Å²) in [5, 5.41) is 12.6. The fourth-order valence-electron chi connectivity index (χ4n) is 2.14. The highest BCUT2D eigenvalue weighted by Gasteiger charge is 2.24. The van der Waals surface area contributed by atoms with E-state index in [-0.39, 0.29) is 24.5 Å². The first-order valence-corrected chi connectivity index (χ1v) is 7.03. The molecular weight excluding hydrogens is 237 g/mol. The summed E-state index contributed by atoms with van der Waals surface area (Å²) in [6.45, 7) is 2.17. The molecule has 1 unspecified atom stereocenters. The maximum Gasteiger partial charge on any atom is 0.137 e. The molecular formula is C13H18FNOS. The number of thioether (sulfide) groups is 1. The molecule has 0 radical (unpaired) electrons. The number of benzene rings is 1. The molecule has 1 aliphatic heterocycles. The standard InChI is InChI=1S/C13H18FNOS/c1-2-9(8-16)15-12-6-7-17-13-10(12)4-3-5-11(13)14/h3-5,9,12,15-16H,2,6-8H2,1H3/t9-,12?/m0/s1. The zero-order valence-corrected chi connectivity index (χ0v) is 10.8. The van der Waals surface area contributed by atoms with Crippen LogP contribution >= 0.6 is 11.8 Å². The van der Waals surface area contributed by atoms with Crippen molar-refractivity contribution in [2.24, 2.45) is 0 Å². The van der Waals surface area contributed by atoms with Crippen molar-refractivity contribution in [3.63, 3.8) is 0 Å². The number of halogens is 1. The zero-order valence-electron chi connectivity index (χ0n) is 9.95. The first kappa shape index (κ1) is 12.9. The SMILES string of the molecule is CC[C@@H](CO)NC1CCSc2c(F)cccc21. The maximum absolute atomic E-state index is 13.6. The molecule has 2 N–H and O–H groups in total. The average Bonchev–Trinajstić information content (AvgIpc) is 2.37. The predicted octanol–water partition coefficient (Wildman–Crippen LogP) is 2.72. The summed E-state index contributed by atoms with van der Waals surface area (Å²) in [7, 11) is 0. The van der Waals surface area contributed by atoms with Gasteiger partial charge in [0.1, 0.15) is 5.82 Å². The molecule has 2 nitrogen and oxygen atoms in total. The van der Waals surface area contributed by atoms with Crippen LogP contribution in [0.25, 0.3) is 0 Å². The summed E-state index contributed by atoms with van der Waals surface area (Å²) in [5.41, 5.74) is 1.04. The van der Waals surface area contributed by atoms with Gasteiger partial charge in [0.15, 0.2) is 0 Å². The number of aliphatic hydroxyl groups is 1. The third-order valence-corrected chi connectivity index (χ3v) is 4.34. The normalized spacial score (nSPS) is 21.0. The van der Waals surface area contributed by atoms with Gasteiger partial charge in [-0.25, -0.2) is 4.39 Å². The Kier molecular flexibility index (Phi) is 4.42. The van der Waals surface area contributed by atoms with Crippen LogP contribution in [0, 0.1) is 5.82 Å². The van der Waals surface area contributed by atoms with E-state index in [1.165, 1.54) is 6.07 Å². The summed E-state index contributed by atoms with van der Waals surface area (Å²) in [4.78, 5) is 0.768. The van der Waals surface area contributed by atoms with Gasteiger partial charge in [0, 0.05) is 17.0 Å². The number of nitrogens with one attached hydrogen (secondary N) is 1. The third kappa shape index (κ3) is 2.81. The van der Waals surface area contributed by atoms with Crippen LogP contribution in [0.3, 0.4) is 0 Å².